The summed E-state index contributed by atoms with van der Waals surface area (Å²) in [6, 6.07) is 6.16. The van der Waals surface area contributed by atoms with Gasteiger partial charge in [0.1, 0.15) is 5.15 Å². The number of rotatable bonds is 2. The van der Waals surface area contributed by atoms with Gasteiger partial charge in [0.25, 0.3) is 0 Å². The molecule has 0 amide bonds. The molecule has 1 heterocycles. The van der Waals surface area contributed by atoms with Crippen molar-refractivity contribution < 1.29 is 5.11 Å². The highest BCUT2D eigenvalue weighted by molar-refractivity contribution is 6.32. The van der Waals surface area contributed by atoms with Crippen molar-refractivity contribution in [3.05, 3.63) is 34.5 Å². The molecule has 0 spiro atoms. The maximum absolute atomic E-state index is 9.30. The van der Waals surface area contributed by atoms with E-state index >= 15 is 0 Å². The number of aliphatic hydroxyl groups excluding tert-OH is 1. The van der Waals surface area contributed by atoms with Gasteiger partial charge in [-0.1, -0.05) is 23.7 Å². The highest BCUT2D eigenvalue weighted by Crippen LogP contribution is 2.30. The van der Waals surface area contributed by atoms with Gasteiger partial charge in [0, 0.05) is 23.0 Å². The Bertz CT molecular complexity index is 502. The van der Waals surface area contributed by atoms with Gasteiger partial charge in [0.15, 0.2) is 0 Å². The average molecular weight is 224 g/mol. The molecule has 0 aliphatic rings. The molecule has 1 aromatic carbocycles. The summed E-state index contributed by atoms with van der Waals surface area (Å²) in [7, 11) is 0. The summed E-state index contributed by atoms with van der Waals surface area (Å²) in [5.41, 5.74) is 3.14. The van der Waals surface area contributed by atoms with Crippen LogP contribution in [0.15, 0.2) is 18.2 Å². The first-order valence-corrected chi connectivity index (χ1v) is 5.45. The largest absolute Gasteiger partial charge is 0.392 e. The summed E-state index contributed by atoms with van der Waals surface area (Å²) in [5, 5.41) is 11.0. The summed E-state index contributed by atoms with van der Waals surface area (Å²) in [4.78, 5) is 0. The Hall–Kier alpha value is -0.990. The lowest BCUT2D eigenvalue weighted by atomic mass is 10.1. The highest BCUT2D eigenvalue weighted by Gasteiger charge is 2.13. The number of halogens is 1. The number of hydrogen-bond donors (Lipinski definition) is 1. The predicted octanol–water partition coefficient (Wildman–Crippen LogP) is 3.12. The van der Waals surface area contributed by atoms with E-state index in [2.05, 4.69) is 19.9 Å². The van der Waals surface area contributed by atoms with Crippen LogP contribution in [-0.4, -0.2) is 9.67 Å². The third kappa shape index (κ3) is 1.54. The molecule has 80 valence electrons. The number of aliphatic hydroxyl groups is 1. The predicted molar refractivity (Wildman–Crippen MR) is 63.3 cm³/mol. The minimum Gasteiger partial charge on any atom is -0.392 e. The van der Waals surface area contributed by atoms with E-state index in [9.17, 15) is 5.11 Å². The number of fused-ring (bicyclic) bond motifs is 1. The molecular formula is C12H14ClNO. The molecule has 0 radical (unpaired) electrons. The standard InChI is InChI=1S/C12H14ClNO/c1-3-14-11-6-8(2)4-5-9(11)10(7-15)12(14)13/h4-6,15H,3,7H2,1-2H3. The van der Waals surface area contributed by atoms with E-state index in [4.69, 9.17) is 11.6 Å². The van der Waals surface area contributed by atoms with Crippen molar-refractivity contribution in [3.8, 4) is 0 Å². The lowest BCUT2D eigenvalue weighted by Crippen LogP contribution is -1.93. The molecule has 0 bridgehead atoms. The van der Waals surface area contributed by atoms with Crippen LogP contribution >= 0.6 is 11.6 Å². The Balaban J connectivity index is 2.85. The van der Waals surface area contributed by atoms with Crippen LogP contribution in [-0.2, 0) is 13.2 Å². The van der Waals surface area contributed by atoms with Crippen LogP contribution in [0.1, 0.15) is 18.1 Å². The van der Waals surface area contributed by atoms with Gasteiger partial charge >= 0.3 is 0 Å². The van der Waals surface area contributed by atoms with Gasteiger partial charge in [0.2, 0.25) is 0 Å². The van der Waals surface area contributed by atoms with Crippen molar-refractivity contribution in [1.82, 2.24) is 4.57 Å². The molecule has 0 aliphatic carbocycles. The smallest absolute Gasteiger partial charge is 0.115 e. The molecule has 0 atom stereocenters. The third-order valence-electron chi connectivity index (χ3n) is 2.73. The normalized spacial score (nSPS) is 11.2. The van der Waals surface area contributed by atoms with E-state index in [1.165, 1.54) is 5.56 Å². The second-order valence-corrected chi connectivity index (χ2v) is 4.05. The van der Waals surface area contributed by atoms with Crippen LogP contribution in [0.5, 0.6) is 0 Å². The summed E-state index contributed by atoms with van der Waals surface area (Å²) in [6.45, 7) is 4.91. The highest BCUT2D eigenvalue weighted by atomic mass is 35.5. The first-order chi connectivity index (χ1) is 7.19. The number of nitrogens with zero attached hydrogens (tertiary/aromatic N) is 1. The molecule has 15 heavy (non-hydrogen) atoms. The molecule has 1 N–H and O–H groups in total. The summed E-state index contributed by atoms with van der Waals surface area (Å²) in [5.74, 6) is 0. The summed E-state index contributed by atoms with van der Waals surface area (Å²) < 4.78 is 2.02. The molecule has 2 nitrogen and oxygen atoms in total. The molecule has 2 aromatic rings. The zero-order valence-corrected chi connectivity index (χ0v) is 9.67. The summed E-state index contributed by atoms with van der Waals surface area (Å²) in [6.07, 6.45) is 0. The molecule has 2 rings (SSSR count). The fourth-order valence-corrected chi connectivity index (χ4v) is 2.33. The molecule has 1 aromatic heterocycles. The van der Waals surface area contributed by atoms with Crippen LogP contribution in [0.2, 0.25) is 5.15 Å². The van der Waals surface area contributed by atoms with Gasteiger partial charge < -0.3 is 9.67 Å². The first kappa shape index (κ1) is 10.5. The van der Waals surface area contributed by atoms with Gasteiger partial charge in [-0.25, -0.2) is 0 Å². The van der Waals surface area contributed by atoms with Crippen molar-refractivity contribution in [3.63, 3.8) is 0 Å². The van der Waals surface area contributed by atoms with Gasteiger partial charge in [0.05, 0.1) is 6.61 Å². The SMILES string of the molecule is CCn1c(Cl)c(CO)c2ccc(C)cc21. The quantitative estimate of drug-likeness (QED) is 0.832. The monoisotopic (exact) mass is 223 g/mol. The number of hydrogen-bond acceptors (Lipinski definition) is 1. The third-order valence-corrected chi connectivity index (χ3v) is 3.16. The second-order valence-electron chi connectivity index (χ2n) is 3.69. The van der Waals surface area contributed by atoms with E-state index in [1.807, 2.05) is 16.7 Å². The van der Waals surface area contributed by atoms with Gasteiger partial charge in [-0.3, -0.25) is 0 Å². The average Bonchev–Trinajstić information content (AvgIpc) is 2.48. The Kier molecular flexibility index (Phi) is 2.72. The van der Waals surface area contributed by atoms with Crippen LogP contribution in [0, 0.1) is 6.92 Å². The molecule has 0 aliphatic heterocycles. The first-order valence-electron chi connectivity index (χ1n) is 5.07. The molecule has 0 unspecified atom stereocenters. The molecule has 3 heteroatoms. The van der Waals surface area contributed by atoms with Crippen molar-refractivity contribution in [2.24, 2.45) is 0 Å². The number of aromatic nitrogens is 1. The van der Waals surface area contributed by atoms with E-state index in [1.54, 1.807) is 0 Å². The summed E-state index contributed by atoms with van der Waals surface area (Å²) >= 11 is 6.21. The van der Waals surface area contributed by atoms with Gasteiger partial charge in [-0.2, -0.15) is 0 Å². The van der Waals surface area contributed by atoms with E-state index in [0.29, 0.717) is 5.15 Å². The Morgan fingerprint density at radius 2 is 2.13 bits per heavy atom. The van der Waals surface area contributed by atoms with Crippen molar-refractivity contribution in [1.29, 1.82) is 0 Å². The minimum absolute atomic E-state index is 0.00854. The zero-order chi connectivity index (χ0) is 11.0. The maximum Gasteiger partial charge on any atom is 0.115 e. The Morgan fingerprint density at radius 1 is 1.40 bits per heavy atom. The van der Waals surface area contributed by atoms with Crippen LogP contribution in [0.3, 0.4) is 0 Å². The molecule has 0 saturated heterocycles. The molecule has 0 saturated carbocycles. The number of aryl methyl sites for hydroxylation is 2. The van der Waals surface area contributed by atoms with Crippen LogP contribution < -0.4 is 0 Å². The fourth-order valence-electron chi connectivity index (χ4n) is 1.96. The Morgan fingerprint density at radius 3 is 2.73 bits per heavy atom. The van der Waals surface area contributed by atoms with Crippen LogP contribution in [0.4, 0.5) is 0 Å². The lowest BCUT2D eigenvalue weighted by Gasteiger charge is -2.02. The van der Waals surface area contributed by atoms with Crippen molar-refractivity contribution in [2.75, 3.05) is 0 Å². The second kappa shape index (κ2) is 3.87. The van der Waals surface area contributed by atoms with Crippen molar-refractivity contribution >= 4 is 22.5 Å². The fraction of sp³-hybridized carbons (Fsp3) is 0.333. The van der Waals surface area contributed by atoms with E-state index < -0.39 is 0 Å². The lowest BCUT2D eigenvalue weighted by molar-refractivity contribution is 0.283. The van der Waals surface area contributed by atoms with Gasteiger partial charge in [-0.15, -0.1) is 0 Å². The zero-order valence-electron chi connectivity index (χ0n) is 8.92. The van der Waals surface area contributed by atoms with Gasteiger partial charge in [-0.05, 0) is 25.5 Å². The maximum atomic E-state index is 9.30. The van der Waals surface area contributed by atoms with Crippen molar-refractivity contribution in [2.45, 2.75) is 27.0 Å². The molecular weight excluding hydrogens is 210 g/mol. The van der Waals surface area contributed by atoms with E-state index in [0.717, 1.165) is 23.0 Å². The van der Waals surface area contributed by atoms with Crippen LogP contribution in [0.25, 0.3) is 10.9 Å². The number of benzene rings is 1. The molecule has 0 fully saturated rings. The Labute approximate surface area is 94.1 Å². The minimum atomic E-state index is -0.00854. The van der Waals surface area contributed by atoms with E-state index in [-0.39, 0.29) is 6.61 Å². The topological polar surface area (TPSA) is 25.2 Å².